The van der Waals surface area contributed by atoms with Crippen LogP contribution in [0.3, 0.4) is 0 Å². The molecule has 1 rings (SSSR count). The van der Waals surface area contributed by atoms with Crippen LogP contribution in [0.25, 0.3) is 0 Å². The van der Waals surface area contributed by atoms with Gasteiger partial charge in [-0.05, 0) is 13.8 Å². The lowest BCUT2D eigenvalue weighted by Gasteiger charge is -2.23. The van der Waals surface area contributed by atoms with Crippen molar-refractivity contribution >= 4 is 21.9 Å². The zero-order valence-corrected chi connectivity index (χ0v) is 11.1. The summed E-state index contributed by atoms with van der Waals surface area (Å²) in [5.74, 6) is 1.30. The van der Waals surface area contributed by atoms with Crippen LogP contribution in [-0.2, 0) is 0 Å². The topological polar surface area (TPSA) is 38.2 Å². The SMILES string of the molecule is COc1cc(C)nc(N(C)C(C)CBr)n1. The van der Waals surface area contributed by atoms with Gasteiger partial charge in [0.15, 0.2) is 0 Å². The quantitative estimate of drug-likeness (QED) is 0.787. The maximum absolute atomic E-state index is 5.11. The first-order chi connectivity index (χ1) is 7.08. The third-order valence-electron chi connectivity index (χ3n) is 2.23. The number of hydrogen-bond acceptors (Lipinski definition) is 4. The molecule has 1 aromatic heterocycles. The van der Waals surface area contributed by atoms with E-state index in [2.05, 4.69) is 32.8 Å². The highest BCUT2D eigenvalue weighted by molar-refractivity contribution is 9.09. The Labute approximate surface area is 98.8 Å². The Balaban J connectivity index is 2.97. The van der Waals surface area contributed by atoms with Crippen LogP contribution in [0.15, 0.2) is 6.07 Å². The van der Waals surface area contributed by atoms with Crippen molar-refractivity contribution in [3.05, 3.63) is 11.8 Å². The molecule has 0 spiro atoms. The second kappa shape index (κ2) is 5.30. The lowest BCUT2D eigenvalue weighted by atomic mass is 10.3. The monoisotopic (exact) mass is 273 g/mol. The van der Waals surface area contributed by atoms with Crippen LogP contribution in [0.1, 0.15) is 12.6 Å². The highest BCUT2D eigenvalue weighted by Crippen LogP contribution is 2.16. The summed E-state index contributed by atoms with van der Waals surface area (Å²) in [7, 11) is 3.58. The van der Waals surface area contributed by atoms with Crippen molar-refractivity contribution in [1.29, 1.82) is 0 Å². The number of rotatable bonds is 4. The lowest BCUT2D eigenvalue weighted by Crippen LogP contribution is -2.31. The van der Waals surface area contributed by atoms with Crippen LogP contribution >= 0.6 is 15.9 Å². The van der Waals surface area contributed by atoms with Gasteiger partial charge in [0.2, 0.25) is 11.8 Å². The van der Waals surface area contributed by atoms with Gasteiger partial charge in [-0.15, -0.1) is 0 Å². The average Bonchev–Trinajstić information content (AvgIpc) is 2.26. The molecule has 0 saturated heterocycles. The molecule has 0 aliphatic heterocycles. The Hall–Kier alpha value is -0.840. The zero-order chi connectivity index (χ0) is 11.4. The largest absolute Gasteiger partial charge is 0.481 e. The van der Waals surface area contributed by atoms with E-state index in [0.717, 1.165) is 11.0 Å². The van der Waals surface area contributed by atoms with Crippen molar-refractivity contribution in [3.8, 4) is 5.88 Å². The molecule has 84 valence electrons. The van der Waals surface area contributed by atoms with Crippen LogP contribution in [0, 0.1) is 6.92 Å². The van der Waals surface area contributed by atoms with Crippen molar-refractivity contribution in [2.45, 2.75) is 19.9 Å². The fourth-order valence-corrected chi connectivity index (χ4v) is 1.52. The predicted molar refractivity (Wildman–Crippen MR) is 65.0 cm³/mol. The Morgan fingerprint density at radius 2 is 2.20 bits per heavy atom. The van der Waals surface area contributed by atoms with E-state index in [1.807, 2.05) is 24.9 Å². The van der Waals surface area contributed by atoms with Gasteiger partial charge in [-0.2, -0.15) is 4.98 Å². The summed E-state index contributed by atoms with van der Waals surface area (Å²) < 4.78 is 5.11. The lowest BCUT2D eigenvalue weighted by molar-refractivity contribution is 0.396. The van der Waals surface area contributed by atoms with E-state index >= 15 is 0 Å². The van der Waals surface area contributed by atoms with E-state index in [9.17, 15) is 0 Å². The number of aromatic nitrogens is 2. The van der Waals surface area contributed by atoms with E-state index in [4.69, 9.17) is 4.74 Å². The minimum absolute atomic E-state index is 0.344. The van der Waals surface area contributed by atoms with Gasteiger partial charge in [0.05, 0.1) is 7.11 Å². The van der Waals surface area contributed by atoms with Gasteiger partial charge < -0.3 is 9.64 Å². The fraction of sp³-hybridized carbons (Fsp3) is 0.600. The van der Waals surface area contributed by atoms with Crippen LogP contribution in [0.5, 0.6) is 5.88 Å². The van der Waals surface area contributed by atoms with E-state index in [0.29, 0.717) is 17.9 Å². The van der Waals surface area contributed by atoms with Gasteiger partial charge in [0, 0.05) is 30.2 Å². The third-order valence-corrected chi connectivity index (χ3v) is 3.17. The summed E-state index contributed by atoms with van der Waals surface area (Å²) in [6.45, 7) is 4.03. The Morgan fingerprint density at radius 3 is 2.73 bits per heavy atom. The smallest absolute Gasteiger partial charge is 0.228 e. The summed E-state index contributed by atoms with van der Waals surface area (Å²) in [4.78, 5) is 10.7. The maximum Gasteiger partial charge on any atom is 0.228 e. The molecule has 0 radical (unpaired) electrons. The second-order valence-electron chi connectivity index (χ2n) is 3.47. The van der Waals surface area contributed by atoms with Crippen molar-refractivity contribution in [1.82, 2.24) is 9.97 Å². The number of alkyl halides is 1. The standard InChI is InChI=1S/C10H16BrN3O/c1-7-5-9(15-4)13-10(12-7)14(3)8(2)6-11/h5,8H,6H2,1-4H3. The van der Waals surface area contributed by atoms with Crippen LogP contribution < -0.4 is 9.64 Å². The highest BCUT2D eigenvalue weighted by atomic mass is 79.9. The summed E-state index contributed by atoms with van der Waals surface area (Å²) in [5, 5.41) is 0.878. The Bertz CT molecular complexity index is 332. The first kappa shape index (κ1) is 12.2. The molecule has 0 aliphatic carbocycles. The first-order valence-corrected chi connectivity index (χ1v) is 5.89. The van der Waals surface area contributed by atoms with E-state index < -0.39 is 0 Å². The van der Waals surface area contributed by atoms with E-state index in [-0.39, 0.29) is 0 Å². The number of methoxy groups -OCH3 is 1. The van der Waals surface area contributed by atoms with Crippen LogP contribution in [0.2, 0.25) is 0 Å². The number of nitrogens with zero attached hydrogens (tertiary/aromatic N) is 3. The molecule has 0 saturated carbocycles. The molecule has 1 heterocycles. The number of anilines is 1. The van der Waals surface area contributed by atoms with Crippen molar-refractivity contribution in [2.24, 2.45) is 0 Å². The second-order valence-corrected chi connectivity index (χ2v) is 4.11. The van der Waals surface area contributed by atoms with Crippen LogP contribution in [0.4, 0.5) is 5.95 Å². The van der Waals surface area contributed by atoms with Gasteiger partial charge in [0.1, 0.15) is 0 Å². The number of hydrogen-bond donors (Lipinski definition) is 0. The van der Waals surface area contributed by atoms with Gasteiger partial charge in [-0.25, -0.2) is 4.98 Å². The zero-order valence-electron chi connectivity index (χ0n) is 9.49. The highest BCUT2D eigenvalue weighted by Gasteiger charge is 2.12. The normalized spacial score (nSPS) is 12.3. The molecule has 1 atom stereocenters. The summed E-state index contributed by atoms with van der Waals surface area (Å²) >= 11 is 3.44. The van der Waals surface area contributed by atoms with Gasteiger partial charge >= 0.3 is 0 Å². The third kappa shape index (κ3) is 3.06. The Morgan fingerprint density at radius 1 is 1.53 bits per heavy atom. The molecule has 5 heteroatoms. The van der Waals surface area contributed by atoms with E-state index in [1.54, 1.807) is 7.11 Å². The first-order valence-electron chi connectivity index (χ1n) is 4.77. The van der Waals surface area contributed by atoms with Gasteiger partial charge in [0.25, 0.3) is 0 Å². The molecule has 0 N–H and O–H groups in total. The molecular weight excluding hydrogens is 258 g/mol. The minimum atomic E-state index is 0.344. The molecule has 1 unspecified atom stereocenters. The molecule has 0 bridgehead atoms. The van der Waals surface area contributed by atoms with Gasteiger partial charge in [-0.3, -0.25) is 0 Å². The number of halogens is 1. The van der Waals surface area contributed by atoms with Crippen molar-refractivity contribution in [3.63, 3.8) is 0 Å². The summed E-state index contributed by atoms with van der Waals surface area (Å²) in [6.07, 6.45) is 0. The van der Waals surface area contributed by atoms with E-state index in [1.165, 1.54) is 0 Å². The summed E-state index contributed by atoms with van der Waals surface area (Å²) in [6, 6.07) is 2.16. The van der Waals surface area contributed by atoms with Crippen molar-refractivity contribution < 1.29 is 4.74 Å². The maximum atomic E-state index is 5.11. The minimum Gasteiger partial charge on any atom is -0.481 e. The molecule has 4 nitrogen and oxygen atoms in total. The summed E-state index contributed by atoms with van der Waals surface area (Å²) in [5.41, 5.74) is 0.908. The Kier molecular flexibility index (Phi) is 4.32. The molecule has 0 aromatic carbocycles. The molecule has 0 aliphatic rings. The van der Waals surface area contributed by atoms with Crippen molar-refractivity contribution in [2.75, 3.05) is 24.4 Å². The molecule has 15 heavy (non-hydrogen) atoms. The molecule has 0 fully saturated rings. The predicted octanol–water partition coefficient (Wildman–Crippen LogP) is 2.01. The fourth-order valence-electron chi connectivity index (χ4n) is 1.09. The molecular formula is C10H16BrN3O. The number of aryl methyl sites for hydroxylation is 1. The molecule has 1 aromatic rings. The number of ether oxygens (including phenoxy) is 1. The van der Waals surface area contributed by atoms with Crippen LogP contribution in [-0.4, -0.2) is 35.5 Å². The average molecular weight is 274 g/mol. The van der Waals surface area contributed by atoms with Gasteiger partial charge in [-0.1, -0.05) is 15.9 Å². The molecule has 0 amide bonds.